The van der Waals surface area contributed by atoms with Crippen LogP contribution in [0.25, 0.3) is 11.0 Å². The normalized spacial score (nSPS) is 15.2. The second-order valence-corrected chi connectivity index (χ2v) is 5.40. The number of likely N-dealkylation sites (tertiary alicyclic amines) is 1. The van der Waals surface area contributed by atoms with E-state index in [9.17, 15) is 4.79 Å². The molecule has 0 aliphatic carbocycles. The average Bonchev–Trinajstić information content (AvgIpc) is 3.03. The standard InChI is InChI=1S/C15H20N4O/c1-11-17-13-10-12(16)4-5-14(13)19(11)9-6-15(20)18-7-2-3-8-18/h4-5,10H,2-3,6-9,16H2,1H3. The molecule has 2 heterocycles. The van der Waals surface area contributed by atoms with Gasteiger partial charge in [-0.15, -0.1) is 0 Å². The molecular weight excluding hydrogens is 252 g/mol. The van der Waals surface area contributed by atoms with Gasteiger partial charge >= 0.3 is 0 Å². The highest BCUT2D eigenvalue weighted by Gasteiger charge is 2.18. The van der Waals surface area contributed by atoms with Crippen LogP contribution in [0.1, 0.15) is 25.1 Å². The molecule has 0 bridgehead atoms. The number of aryl methyl sites for hydroxylation is 2. The molecule has 1 saturated heterocycles. The fourth-order valence-corrected chi connectivity index (χ4v) is 2.88. The summed E-state index contributed by atoms with van der Waals surface area (Å²) in [5.41, 5.74) is 8.44. The Morgan fingerprint density at radius 2 is 2.10 bits per heavy atom. The number of benzene rings is 1. The van der Waals surface area contributed by atoms with Gasteiger partial charge in [0.1, 0.15) is 5.82 Å². The van der Waals surface area contributed by atoms with E-state index in [1.165, 1.54) is 0 Å². The summed E-state index contributed by atoms with van der Waals surface area (Å²) in [7, 11) is 0. The summed E-state index contributed by atoms with van der Waals surface area (Å²) in [4.78, 5) is 18.6. The molecular formula is C15H20N4O. The second kappa shape index (κ2) is 5.15. The molecule has 1 aromatic heterocycles. The Morgan fingerprint density at radius 1 is 1.35 bits per heavy atom. The van der Waals surface area contributed by atoms with Gasteiger partial charge in [-0.05, 0) is 38.0 Å². The average molecular weight is 272 g/mol. The molecule has 1 aliphatic heterocycles. The van der Waals surface area contributed by atoms with Crippen molar-refractivity contribution < 1.29 is 4.79 Å². The van der Waals surface area contributed by atoms with Gasteiger partial charge in [0.15, 0.2) is 0 Å². The summed E-state index contributed by atoms with van der Waals surface area (Å²) >= 11 is 0. The number of nitrogens with zero attached hydrogens (tertiary/aromatic N) is 3. The number of hydrogen-bond acceptors (Lipinski definition) is 3. The smallest absolute Gasteiger partial charge is 0.224 e. The van der Waals surface area contributed by atoms with Gasteiger partial charge in [-0.25, -0.2) is 4.98 Å². The number of amides is 1. The zero-order chi connectivity index (χ0) is 14.1. The fourth-order valence-electron chi connectivity index (χ4n) is 2.88. The lowest BCUT2D eigenvalue weighted by Crippen LogP contribution is -2.28. The Kier molecular flexibility index (Phi) is 3.34. The highest BCUT2D eigenvalue weighted by atomic mass is 16.2. The predicted molar refractivity (Wildman–Crippen MR) is 79.3 cm³/mol. The summed E-state index contributed by atoms with van der Waals surface area (Å²) in [6.45, 7) is 4.48. The van der Waals surface area contributed by atoms with Crippen LogP contribution in [0.15, 0.2) is 18.2 Å². The number of nitrogens with two attached hydrogens (primary N) is 1. The highest BCUT2D eigenvalue weighted by molar-refractivity contribution is 5.80. The first kappa shape index (κ1) is 13.0. The molecule has 106 valence electrons. The molecule has 1 fully saturated rings. The molecule has 3 rings (SSSR count). The van der Waals surface area contributed by atoms with E-state index in [0.717, 1.165) is 48.5 Å². The van der Waals surface area contributed by atoms with Crippen molar-refractivity contribution in [3.63, 3.8) is 0 Å². The van der Waals surface area contributed by atoms with Gasteiger partial charge in [0, 0.05) is 31.7 Å². The Labute approximate surface area is 118 Å². The predicted octanol–water partition coefficient (Wildman–Crippen LogP) is 1.94. The van der Waals surface area contributed by atoms with Crippen LogP contribution in [0.4, 0.5) is 5.69 Å². The van der Waals surface area contributed by atoms with Crippen molar-refractivity contribution in [1.29, 1.82) is 0 Å². The molecule has 2 N–H and O–H groups in total. The number of imidazole rings is 1. The molecule has 0 radical (unpaired) electrons. The molecule has 5 heteroatoms. The van der Waals surface area contributed by atoms with E-state index in [-0.39, 0.29) is 5.91 Å². The maximum absolute atomic E-state index is 12.1. The minimum Gasteiger partial charge on any atom is -0.399 e. The molecule has 0 atom stereocenters. The molecule has 1 aliphatic rings. The van der Waals surface area contributed by atoms with Crippen LogP contribution >= 0.6 is 0 Å². The van der Waals surface area contributed by atoms with Gasteiger partial charge in [0.05, 0.1) is 11.0 Å². The Hall–Kier alpha value is -2.04. The van der Waals surface area contributed by atoms with Gasteiger partial charge in [-0.2, -0.15) is 0 Å². The number of hydrogen-bond donors (Lipinski definition) is 1. The van der Waals surface area contributed by atoms with E-state index in [1.807, 2.05) is 30.0 Å². The number of aromatic nitrogens is 2. The van der Waals surface area contributed by atoms with Crippen LogP contribution in [0.3, 0.4) is 0 Å². The van der Waals surface area contributed by atoms with Crippen LogP contribution < -0.4 is 5.73 Å². The third-order valence-electron chi connectivity index (χ3n) is 3.97. The molecule has 0 saturated carbocycles. The lowest BCUT2D eigenvalue weighted by atomic mass is 10.2. The topological polar surface area (TPSA) is 64.1 Å². The third-order valence-corrected chi connectivity index (χ3v) is 3.97. The molecule has 2 aromatic rings. The third kappa shape index (κ3) is 2.35. The van der Waals surface area contributed by atoms with Crippen molar-refractivity contribution in [3.8, 4) is 0 Å². The Bertz CT molecular complexity index is 641. The summed E-state index contributed by atoms with van der Waals surface area (Å²) in [5, 5.41) is 0. The minimum absolute atomic E-state index is 0.249. The zero-order valence-corrected chi connectivity index (χ0v) is 11.8. The van der Waals surface area contributed by atoms with Gasteiger partial charge in [0.2, 0.25) is 5.91 Å². The van der Waals surface area contributed by atoms with Crippen LogP contribution in [-0.4, -0.2) is 33.4 Å². The first-order valence-corrected chi connectivity index (χ1v) is 7.15. The van der Waals surface area contributed by atoms with Crippen molar-refractivity contribution in [1.82, 2.24) is 14.5 Å². The van der Waals surface area contributed by atoms with Crippen LogP contribution in [-0.2, 0) is 11.3 Å². The second-order valence-electron chi connectivity index (χ2n) is 5.40. The summed E-state index contributed by atoms with van der Waals surface area (Å²) in [6.07, 6.45) is 2.81. The molecule has 0 unspecified atom stereocenters. The van der Waals surface area contributed by atoms with Crippen molar-refractivity contribution in [2.24, 2.45) is 0 Å². The molecule has 0 spiro atoms. The number of fused-ring (bicyclic) bond motifs is 1. The van der Waals surface area contributed by atoms with Gasteiger partial charge in [-0.1, -0.05) is 0 Å². The Morgan fingerprint density at radius 3 is 2.85 bits per heavy atom. The number of carbonyl (C=O) groups is 1. The minimum atomic E-state index is 0.249. The zero-order valence-electron chi connectivity index (χ0n) is 11.8. The lowest BCUT2D eigenvalue weighted by molar-refractivity contribution is -0.130. The molecule has 1 aromatic carbocycles. The number of nitrogen functional groups attached to an aromatic ring is 1. The van der Waals surface area contributed by atoms with Gasteiger partial charge < -0.3 is 15.2 Å². The summed E-state index contributed by atoms with van der Waals surface area (Å²) < 4.78 is 2.10. The van der Waals surface area contributed by atoms with E-state index in [0.29, 0.717) is 13.0 Å². The van der Waals surface area contributed by atoms with Crippen molar-refractivity contribution in [2.45, 2.75) is 32.7 Å². The van der Waals surface area contributed by atoms with E-state index in [2.05, 4.69) is 9.55 Å². The number of rotatable bonds is 3. The summed E-state index contributed by atoms with van der Waals surface area (Å²) in [5.74, 6) is 1.18. The molecule has 20 heavy (non-hydrogen) atoms. The highest BCUT2D eigenvalue weighted by Crippen LogP contribution is 2.19. The van der Waals surface area contributed by atoms with E-state index < -0.39 is 0 Å². The van der Waals surface area contributed by atoms with Gasteiger partial charge in [-0.3, -0.25) is 4.79 Å². The van der Waals surface area contributed by atoms with Crippen LogP contribution in [0, 0.1) is 6.92 Å². The van der Waals surface area contributed by atoms with Crippen molar-refractivity contribution >= 4 is 22.6 Å². The Balaban J connectivity index is 1.77. The fraction of sp³-hybridized carbons (Fsp3) is 0.467. The van der Waals surface area contributed by atoms with Gasteiger partial charge in [0.25, 0.3) is 0 Å². The maximum Gasteiger partial charge on any atom is 0.224 e. The number of carbonyl (C=O) groups excluding carboxylic acids is 1. The quantitative estimate of drug-likeness (QED) is 0.868. The monoisotopic (exact) mass is 272 g/mol. The molecule has 5 nitrogen and oxygen atoms in total. The van der Waals surface area contributed by atoms with E-state index in [4.69, 9.17) is 5.73 Å². The first-order chi connectivity index (χ1) is 9.65. The summed E-state index contributed by atoms with van der Waals surface area (Å²) in [6, 6.07) is 5.73. The van der Waals surface area contributed by atoms with Crippen molar-refractivity contribution in [3.05, 3.63) is 24.0 Å². The largest absolute Gasteiger partial charge is 0.399 e. The van der Waals surface area contributed by atoms with Crippen molar-refractivity contribution in [2.75, 3.05) is 18.8 Å². The lowest BCUT2D eigenvalue weighted by Gasteiger charge is -2.15. The maximum atomic E-state index is 12.1. The van der Waals surface area contributed by atoms with Crippen LogP contribution in [0.5, 0.6) is 0 Å². The van der Waals surface area contributed by atoms with E-state index in [1.54, 1.807) is 0 Å². The van der Waals surface area contributed by atoms with Crippen LogP contribution in [0.2, 0.25) is 0 Å². The van der Waals surface area contributed by atoms with E-state index >= 15 is 0 Å². The SMILES string of the molecule is Cc1nc2cc(N)ccc2n1CCC(=O)N1CCCC1. The number of anilines is 1. The molecule has 1 amide bonds. The first-order valence-electron chi connectivity index (χ1n) is 7.15.